The van der Waals surface area contributed by atoms with E-state index in [1.165, 1.54) is 10.6 Å². The van der Waals surface area contributed by atoms with E-state index in [9.17, 15) is 9.90 Å². The van der Waals surface area contributed by atoms with Gasteiger partial charge < -0.3 is 9.52 Å². The second-order valence-electron chi connectivity index (χ2n) is 4.49. The van der Waals surface area contributed by atoms with Crippen molar-refractivity contribution in [2.45, 2.75) is 6.92 Å². The van der Waals surface area contributed by atoms with E-state index in [2.05, 4.69) is 0 Å². The van der Waals surface area contributed by atoms with E-state index in [0.717, 1.165) is 5.56 Å². The van der Waals surface area contributed by atoms with Gasteiger partial charge in [-0.3, -0.25) is 0 Å². The molecule has 5 heteroatoms. The summed E-state index contributed by atoms with van der Waals surface area (Å²) < 4.78 is 6.73. The molecule has 1 N–H and O–H groups in total. The molecule has 0 atom stereocenters. The third-order valence-electron chi connectivity index (χ3n) is 3.09. The van der Waals surface area contributed by atoms with Crippen molar-refractivity contribution in [2.24, 2.45) is 0 Å². The van der Waals surface area contributed by atoms with Crippen LogP contribution in [0.15, 0.2) is 51.7 Å². The van der Waals surface area contributed by atoms with E-state index in [4.69, 9.17) is 16.6 Å². The second kappa shape index (κ2) is 4.61. The Hall–Kier alpha value is -2.40. The number of aromatic nitrogens is 1. The number of fused-ring (bicyclic) bond motifs is 1. The second-order valence-corrected chi connectivity index (χ2v) is 4.88. The van der Waals surface area contributed by atoms with Gasteiger partial charge in [-0.2, -0.15) is 0 Å². The molecule has 0 bridgehead atoms. The summed E-state index contributed by atoms with van der Waals surface area (Å²) in [6.07, 6.45) is 0. The monoisotopic (exact) mass is 285 g/mol. The lowest BCUT2D eigenvalue weighted by atomic mass is 10.2. The normalized spacial score (nSPS) is 10.8. The zero-order valence-corrected chi connectivity index (χ0v) is 11.5. The summed E-state index contributed by atoms with van der Waals surface area (Å²) in [6.45, 7) is 1.96. The van der Waals surface area contributed by atoms with Crippen molar-refractivity contribution in [3.63, 3.8) is 0 Å². The molecule has 1 aromatic heterocycles. The number of hydrogen-bond donors (Lipinski definition) is 1. The lowest BCUT2D eigenvalue weighted by Crippen LogP contribution is -2.18. The Balaban J connectivity index is 2.43. The maximum atomic E-state index is 12.1. The van der Waals surface area contributed by atoms with Crippen LogP contribution in [0.2, 0.25) is 0 Å². The molecule has 0 saturated heterocycles. The SMILES string of the molecule is Cc1ccc(-n2c(=O)oc3cccc(O)c3c2=S)cc1. The number of rotatable bonds is 1. The largest absolute Gasteiger partial charge is 0.507 e. The summed E-state index contributed by atoms with van der Waals surface area (Å²) in [5.41, 5.74) is 1.97. The summed E-state index contributed by atoms with van der Waals surface area (Å²) in [7, 11) is 0. The fraction of sp³-hybridized carbons (Fsp3) is 0.0667. The molecule has 0 unspecified atom stereocenters. The zero-order valence-electron chi connectivity index (χ0n) is 10.7. The van der Waals surface area contributed by atoms with Gasteiger partial charge in [-0.15, -0.1) is 0 Å². The molecule has 1 heterocycles. The zero-order chi connectivity index (χ0) is 14.3. The topological polar surface area (TPSA) is 55.4 Å². The molecular weight excluding hydrogens is 274 g/mol. The van der Waals surface area contributed by atoms with Gasteiger partial charge in [0.15, 0.2) is 0 Å². The van der Waals surface area contributed by atoms with Gasteiger partial charge in [-0.25, -0.2) is 9.36 Å². The van der Waals surface area contributed by atoms with E-state index in [1.54, 1.807) is 24.3 Å². The molecule has 0 aliphatic rings. The minimum atomic E-state index is -0.572. The molecule has 0 amide bonds. The molecule has 0 saturated carbocycles. The smallest absolute Gasteiger partial charge is 0.425 e. The molecular formula is C15H11NO3S. The lowest BCUT2D eigenvalue weighted by molar-refractivity contribution is 0.472. The predicted molar refractivity (Wildman–Crippen MR) is 79.0 cm³/mol. The molecule has 3 rings (SSSR count). The molecule has 0 fully saturated rings. The van der Waals surface area contributed by atoms with Crippen LogP contribution in [-0.4, -0.2) is 9.67 Å². The standard InChI is InChI=1S/C15H11NO3S/c1-9-5-7-10(8-6-9)16-14(20)13-11(17)3-2-4-12(13)19-15(16)18/h2-8,17H,1H3. The van der Waals surface area contributed by atoms with Crippen molar-refractivity contribution >= 4 is 23.2 Å². The quantitative estimate of drug-likeness (QED) is 0.697. The summed E-state index contributed by atoms with van der Waals surface area (Å²) in [4.78, 5) is 12.1. The molecule has 0 aliphatic carbocycles. The Bertz CT molecular complexity index is 907. The van der Waals surface area contributed by atoms with Crippen molar-refractivity contribution in [3.05, 3.63) is 63.2 Å². The first-order chi connectivity index (χ1) is 9.58. The van der Waals surface area contributed by atoms with Crippen LogP contribution in [-0.2, 0) is 0 Å². The minimum Gasteiger partial charge on any atom is -0.507 e. The molecule has 3 aromatic rings. The van der Waals surface area contributed by atoms with Crippen molar-refractivity contribution in [1.82, 2.24) is 4.57 Å². The maximum Gasteiger partial charge on any atom is 0.425 e. The van der Waals surface area contributed by atoms with Crippen molar-refractivity contribution in [2.75, 3.05) is 0 Å². The average molecular weight is 285 g/mol. The maximum absolute atomic E-state index is 12.1. The van der Waals surface area contributed by atoms with Crippen LogP contribution in [0, 0.1) is 11.6 Å². The van der Waals surface area contributed by atoms with Gasteiger partial charge in [0.25, 0.3) is 0 Å². The van der Waals surface area contributed by atoms with Crippen LogP contribution < -0.4 is 5.76 Å². The van der Waals surface area contributed by atoms with Crippen LogP contribution in [0.5, 0.6) is 5.75 Å². The summed E-state index contributed by atoms with van der Waals surface area (Å²) in [5.74, 6) is -0.575. The van der Waals surface area contributed by atoms with Crippen molar-refractivity contribution < 1.29 is 9.52 Å². The fourth-order valence-corrected chi connectivity index (χ4v) is 2.46. The number of phenols is 1. The number of nitrogens with zero attached hydrogens (tertiary/aromatic N) is 1. The molecule has 2 aromatic carbocycles. The molecule has 0 radical (unpaired) electrons. The Morgan fingerprint density at radius 1 is 1.15 bits per heavy atom. The first kappa shape index (κ1) is 12.6. The summed E-state index contributed by atoms with van der Waals surface area (Å²) in [5, 5.41) is 10.3. The third-order valence-corrected chi connectivity index (χ3v) is 3.48. The van der Waals surface area contributed by atoms with E-state index in [1.807, 2.05) is 19.1 Å². The Kier molecular flexibility index (Phi) is 2.91. The van der Waals surface area contributed by atoms with Gasteiger partial charge in [-0.05, 0) is 31.2 Å². The van der Waals surface area contributed by atoms with E-state index < -0.39 is 5.76 Å². The van der Waals surface area contributed by atoms with Gasteiger partial charge >= 0.3 is 5.76 Å². The number of phenolic OH excluding ortho intramolecular Hbond substituents is 1. The van der Waals surface area contributed by atoms with Gasteiger partial charge in [0.05, 0.1) is 11.1 Å². The Labute approximate surface area is 119 Å². The number of aryl methyl sites for hydroxylation is 1. The van der Waals surface area contributed by atoms with E-state index in [-0.39, 0.29) is 16.0 Å². The number of benzene rings is 2. The number of aromatic hydroxyl groups is 1. The minimum absolute atomic E-state index is 0.00267. The van der Waals surface area contributed by atoms with Crippen LogP contribution in [0.25, 0.3) is 16.7 Å². The lowest BCUT2D eigenvalue weighted by Gasteiger charge is -2.08. The van der Waals surface area contributed by atoms with Crippen LogP contribution in [0.1, 0.15) is 5.56 Å². The molecule has 0 spiro atoms. The van der Waals surface area contributed by atoms with Gasteiger partial charge in [0, 0.05) is 0 Å². The van der Waals surface area contributed by atoms with Crippen LogP contribution in [0.4, 0.5) is 0 Å². The highest BCUT2D eigenvalue weighted by Crippen LogP contribution is 2.25. The molecule has 20 heavy (non-hydrogen) atoms. The first-order valence-electron chi connectivity index (χ1n) is 6.03. The Morgan fingerprint density at radius 2 is 1.85 bits per heavy atom. The van der Waals surface area contributed by atoms with Gasteiger partial charge in [-0.1, -0.05) is 36.0 Å². The molecule has 0 aliphatic heterocycles. The van der Waals surface area contributed by atoms with Gasteiger partial charge in [0.1, 0.15) is 16.0 Å². The third kappa shape index (κ3) is 1.92. The fourth-order valence-electron chi connectivity index (χ4n) is 2.07. The van der Waals surface area contributed by atoms with Gasteiger partial charge in [0.2, 0.25) is 0 Å². The Morgan fingerprint density at radius 3 is 2.55 bits per heavy atom. The first-order valence-corrected chi connectivity index (χ1v) is 6.43. The summed E-state index contributed by atoms with van der Waals surface area (Å²) in [6, 6.07) is 12.0. The van der Waals surface area contributed by atoms with E-state index in [0.29, 0.717) is 11.1 Å². The highest BCUT2D eigenvalue weighted by molar-refractivity contribution is 7.71. The van der Waals surface area contributed by atoms with E-state index >= 15 is 0 Å². The molecule has 100 valence electrons. The average Bonchev–Trinajstić information content (AvgIpc) is 2.40. The highest BCUT2D eigenvalue weighted by Gasteiger charge is 2.11. The van der Waals surface area contributed by atoms with Crippen molar-refractivity contribution in [3.8, 4) is 11.4 Å². The van der Waals surface area contributed by atoms with Crippen molar-refractivity contribution in [1.29, 1.82) is 0 Å². The highest BCUT2D eigenvalue weighted by atomic mass is 32.1. The number of hydrogen-bond acceptors (Lipinski definition) is 4. The summed E-state index contributed by atoms with van der Waals surface area (Å²) >= 11 is 5.33. The predicted octanol–water partition coefficient (Wildman–Crippen LogP) is 3.33. The molecule has 4 nitrogen and oxygen atoms in total. The van der Waals surface area contributed by atoms with Crippen LogP contribution >= 0.6 is 12.2 Å². The van der Waals surface area contributed by atoms with Crippen LogP contribution in [0.3, 0.4) is 0 Å².